The van der Waals surface area contributed by atoms with Gasteiger partial charge in [-0.1, -0.05) is 46.6 Å². The summed E-state index contributed by atoms with van der Waals surface area (Å²) >= 11 is 0. The number of rotatable bonds is 18. The minimum atomic E-state index is -1.04. The number of carbonyl (C=O) groups is 1. The molecule has 1 aliphatic rings. The maximum atomic E-state index is 10.8. The number of hydrogen-bond acceptors (Lipinski definition) is 6. The van der Waals surface area contributed by atoms with Gasteiger partial charge in [-0.3, -0.25) is 0 Å². The highest BCUT2D eigenvalue weighted by molar-refractivity contribution is 5.66. The molecule has 6 nitrogen and oxygen atoms in total. The highest BCUT2D eigenvalue weighted by atomic mass is 16.5. The van der Waals surface area contributed by atoms with Crippen molar-refractivity contribution in [2.45, 2.75) is 143 Å². The third kappa shape index (κ3) is 12.1. The number of ether oxygens (including phenoxy) is 1. The Morgan fingerprint density at radius 2 is 1.50 bits per heavy atom. The molecule has 0 aliphatic heterocycles. The van der Waals surface area contributed by atoms with Crippen LogP contribution in [0.4, 0.5) is 0 Å². The van der Waals surface area contributed by atoms with E-state index in [1.54, 1.807) is 13.8 Å². The zero-order valence-corrected chi connectivity index (χ0v) is 24.1. The van der Waals surface area contributed by atoms with Gasteiger partial charge in [-0.25, -0.2) is 0 Å². The standard InChI is InChI=1S/C30H56O6/c1-8-36-27-24(5)23(4)26(31)20-25(27)15-14-21(2)12-9-16-29(6,34)18-11-19-30(7,35)17-10-13-22(3)28(32)33/h20-24,26-27,31,34-35H,8-19H2,1-7H3,(H,32,33)/p-1. The summed E-state index contributed by atoms with van der Waals surface area (Å²) in [6, 6.07) is 0. The minimum absolute atomic E-state index is 0.0936. The van der Waals surface area contributed by atoms with Gasteiger partial charge in [0.05, 0.1) is 23.4 Å². The maximum Gasteiger partial charge on any atom is 0.0814 e. The molecule has 0 spiro atoms. The first kappa shape index (κ1) is 33.1. The number of aliphatic carboxylic acids is 1. The van der Waals surface area contributed by atoms with Crippen molar-refractivity contribution in [1.82, 2.24) is 0 Å². The Balaban J connectivity index is 2.35. The van der Waals surface area contributed by atoms with Gasteiger partial charge >= 0.3 is 0 Å². The fraction of sp³-hybridized carbons (Fsp3) is 0.900. The average Bonchev–Trinajstić information content (AvgIpc) is 2.77. The van der Waals surface area contributed by atoms with Crippen molar-refractivity contribution in [3.63, 3.8) is 0 Å². The van der Waals surface area contributed by atoms with Gasteiger partial charge < -0.3 is 30.0 Å². The zero-order chi connectivity index (χ0) is 27.5. The second kappa shape index (κ2) is 15.5. The van der Waals surface area contributed by atoms with Crippen molar-refractivity contribution in [3.8, 4) is 0 Å². The van der Waals surface area contributed by atoms with Crippen LogP contribution >= 0.6 is 0 Å². The molecule has 1 aliphatic carbocycles. The number of aliphatic hydroxyl groups is 3. The van der Waals surface area contributed by atoms with Crippen LogP contribution in [0, 0.1) is 23.7 Å². The number of carboxylic acids is 1. The van der Waals surface area contributed by atoms with E-state index in [0.29, 0.717) is 50.5 Å². The van der Waals surface area contributed by atoms with Crippen molar-refractivity contribution in [1.29, 1.82) is 0 Å². The van der Waals surface area contributed by atoms with E-state index in [-0.39, 0.29) is 12.0 Å². The lowest BCUT2D eigenvalue weighted by molar-refractivity contribution is -0.311. The van der Waals surface area contributed by atoms with Crippen molar-refractivity contribution >= 4 is 5.97 Å². The normalized spacial score (nSPS) is 27.6. The molecule has 0 aromatic heterocycles. The fourth-order valence-electron chi connectivity index (χ4n) is 5.45. The van der Waals surface area contributed by atoms with Gasteiger partial charge in [0.25, 0.3) is 0 Å². The molecule has 0 fully saturated rings. The Labute approximate surface area is 220 Å². The summed E-state index contributed by atoms with van der Waals surface area (Å²) in [6.07, 6.45) is 10.1. The van der Waals surface area contributed by atoms with Gasteiger partial charge in [0.1, 0.15) is 0 Å². The molecule has 8 unspecified atom stereocenters. The third-order valence-corrected chi connectivity index (χ3v) is 8.47. The van der Waals surface area contributed by atoms with Crippen molar-refractivity contribution in [2.75, 3.05) is 6.61 Å². The van der Waals surface area contributed by atoms with Gasteiger partial charge in [0.15, 0.2) is 0 Å². The number of carbonyl (C=O) groups excluding carboxylic acids is 1. The van der Waals surface area contributed by atoms with E-state index in [0.717, 1.165) is 38.5 Å². The fourth-order valence-corrected chi connectivity index (χ4v) is 5.45. The number of carboxylic acid groups (broad SMARTS) is 1. The smallest absolute Gasteiger partial charge is 0.0814 e. The third-order valence-electron chi connectivity index (χ3n) is 8.47. The monoisotopic (exact) mass is 511 g/mol. The predicted octanol–water partition coefficient (Wildman–Crippen LogP) is 4.78. The molecule has 0 bridgehead atoms. The predicted molar refractivity (Wildman–Crippen MR) is 143 cm³/mol. The summed E-state index contributed by atoms with van der Waals surface area (Å²) in [6.45, 7) is 14.5. The van der Waals surface area contributed by atoms with Crippen LogP contribution in [0.2, 0.25) is 0 Å². The van der Waals surface area contributed by atoms with Gasteiger partial charge in [-0.05, 0) is 108 Å². The Bertz CT molecular complexity index is 670. The molecule has 3 N–H and O–H groups in total. The highest BCUT2D eigenvalue weighted by Gasteiger charge is 2.34. The van der Waals surface area contributed by atoms with E-state index in [9.17, 15) is 25.2 Å². The first-order chi connectivity index (χ1) is 16.7. The molecule has 212 valence electrons. The van der Waals surface area contributed by atoms with Crippen molar-refractivity contribution in [3.05, 3.63) is 11.6 Å². The minimum Gasteiger partial charge on any atom is -0.550 e. The number of hydrogen-bond donors (Lipinski definition) is 3. The second-order valence-corrected chi connectivity index (χ2v) is 12.3. The molecular weight excluding hydrogens is 456 g/mol. The first-order valence-electron chi connectivity index (χ1n) is 14.3. The molecule has 36 heavy (non-hydrogen) atoms. The van der Waals surface area contributed by atoms with E-state index in [1.165, 1.54) is 5.57 Å². The van der Waals surface area contributed by atoms with Crippen LogP contribution in [-0.2, 0) is 9.53 Å². The molecule has 6 heteroatoms. The van der Waals surface area contributed by atoms with E-state index in [4.69, 9.17) is 4.74 Å². The Hall–Kier alpha value is -0.950. The van der Waals surface area contributed by atoms with Crippen LogP contribution in [-0.4, -0.2) is 51.3 Å². The topological polar surface area (TPSA) is 110 Å². The summed E-state index contributed by atoms with van der Waals surface area (Å²) in [5, 5.41) is 42.7. The van der Waals surface area contributed by atoms with Crippen molar-refractivity contribution in [2.24, 2.45) is 23.7 Å². The molecule has 8 atom stereocenters. The SMILES string of the molecule is CCOC1C(CCC(C)CCCC(C)(O)CCCC(C)(O)CCCC(C)C(=O)[O-])=CC(O)C(C)C1C. The van der Waals surface area contributed by atoms with Gasteiger partial charge in [-0.2, -0.15) is 0 Å². The quantitative estimate of drug-likeness (QED) is 0.229. The molecule has 0 saturated heterocycles. The molecule has 1 rings (SSSR count). The molecule has 0 amide bonds. The Kier molecular flexibility index (Phi) is 14.2. The van der Waals surface area contributed by atoms with Crippen LogP contribution in [0.5, 0.6) is 0 Å². The van der Waals surface area contributed by atoms with E-state index < -0.39 is 29.2 Å². The van der Waals surface area contributed by atoms with Crippen LogP contribution in [0.25, 0.3) is 0 Å². The molecule has 0 saturated carbocycles. The summed E-state index contributed by atoms with van der Waals surface area (Å²) in [7, 11) is 0. The van der Waals surface area contributed by atoms with Crippen LogP contribution in [0.15, 0.2) is 11.6 Å². The summed E-state index contributed by atoms with van der Waals surface area (Å²) in [4.78, 5) is 10.8. The van der Waals surface area contributed by atoms with Crippen molar-refractivity contribution < 1.29 is 30.0 Å². The van der Waals surface area contributed by atoms with E-state index >= 15 is 0 Å². The molecule has 0 radical (unpaired) electrons. The molecule has 0 aromatic carbocycles. The summed E-state index contributed by atoms with van der Waals surface area (Å²) < 4.78 is 6.03. The van der Waals surface area contributed by atoms with Gasteiger partial charge in [0, 0.05) is 12.6 Å². The summed E-state index contributed by atoms with van der Waals surface area (Å²) in [5.41, 5.74) is -0.359. The van der Waals surface area contributed by atoms with Gasteiger partial charge in [0.2, 0.25) is 0 Å². The Morgan fingerprint density at radius 1 is 0.972 bits per heavy atom. The Morgan fingerprint density at radius 3 is 2.03 bits per heavy atom. The highest BCUT2D eigenvalue weighted by Crippen LogP contribution is 2.35. The zero-order valence-electron chi connectivity index (χ0n) is 24.1. The average molecular weight is 512 g/mol. The van der Waals surface area contributed by atoms with E-state index in [1.807, 2.05) is 19.9 Å². The maximum absolute atomic E-state index is 10.8. The van der Waals surface area contributed by atoms with Crippen LogP contribution in [0.1, 0.15) is 119 Å². The lowest BCUT2D eigenvalue weighted by Crippen LogP contribution is -2.39. The van der Waals surface area contributed by atoms with Gasteiger partial charge in [-0.15, -0.1) is 0 Å². The lowest BCUT2D eigenvalue weighted by Gasteiger charge is -2.37. The number of aliphatic hydroxyl groups excluding tert-OH is 1. The second-order valence-electron chi connectivity index (χ2n) is 12.3. The first-order valence-corrected chi connectivity index (χ1v) is 14.3. The molecule has 0 aromatic rings. The van der Waals surface area contributed by atoms with E-state index in [2.05, 4.69) is 20.8 Å². The molecular formula is C30H55O6-. The largest absolute Gasteiger partial charge is 0.550 e. The van der Waals surface area contributed by atoms with Crippen LogP contribution in [0.3, 0.4) is 0 Å². The lowest BCUT2D eigenvalue weighted by atomic mass is 9.76. The van der Waals surface area contributed by atoms with Crippen LogP contribution < -0.4 is 5.11 Å². The summed E-state index contributed by atoms with van der Waals surface area (Å²) in [5.74, 6) is -0.499. The molecule has 0 heterocycles.